The van der Waals surface area contributed by atoms with E-state index in [0.29, 0.717) is 17.1 Å². The highest BCUT2D eigenvalue weighted by molar-refractivity contribution is 6.32. The van der Waals surface area contributed by atoms with Crippen LogP contribution in [0.3, 0.4) is 0 Å². The molecule has 1 amide bonds. The van der Waals surface area contributed by atoms with Gasteiger partial charge in [-0.25, -0.2) is 4.98 Å². The van der Waals surface area contributed by atoms with E-state index in [1.54, 1.807) is 13.0 Å². The van der Waals surface area contributed by atoms with E-state index in [0.717, 1.165) is 5.56 Å². The van der Waals surface area contributed by atoms with Crippen LogP contribution in [-0.2, 0) is 0 Å². The van der Waals surface area contributed by atoms with Crippen LogP contribution < -0.4 is 11.1 Å². The van der Waals surface area contributed by atoms with E-state index in [9.17, 15) is 9.90 Å². The number of nitrogens with two attached hydrogens (primary N) is 1. The van der Waals surface area contributed by atoms with E-state index in [4.69, 9.17) is 17.3 Å². The highest BCUT2D eigenvalue weighted by Gasteiger charge is 2.10. The van der Waals surface area contributed by atoms with Gasteiger partial charge in [0.25, 0.3) is 5.91 Å². The van der Waals surface area contributed by atoms with Crippen molar-refractivity contribution in [2.24, 2.45) is 0 Å². The van der Waals surface area contributed by atoms with Crippen molar-refractivity contribution in [3.05, 3.63) is 46.6 Å². The van der Waals surface area contributed by atoms with Crippen LogP contribution in [0.15, 0.2) is 30.5 Å². The van der Waals surface area contributed by atoms with E-state index in [-0.39, 0.29) is 16.7 Å². The maximum Gasteiger partial charge on any atom is 0.256 e. The Balaban J connectivity index is 2.23. The molecule has 0 saturated carbocycles. The van der Waals surface area contributed by atoms with Crippen LogP contribution in [-0.4, -0.2) is 16.0 Å². The number of carbonyl (C=O) groups is 1. The maximum absolute atomic E-state index is 12.0. The number of benzene rings is 1. The highest BCUT2D eigenvalue weighted by Crippen LogP contribution is 2.24. The zero-order valence-electron chi connectivity index (χ0n) is 10.1. The zero-order valence-corrected chi connectivity index (χ0v) is 10.9. The fourth-order valence-corrected chi connectivity index (χ4v) is 1.74. The van der Waals surface area contributed by atoms with Crippen LogP contribution >= 0.6 is 11.6 Å². The fourth-order valence-electron chi connectivity index (χ4n) is 1.56. The molecule has 0 saturated heterocycles. The van der Waals surface area contributed by atoms with Gasteiger partial charge in [0, 0.05) is 5.56 Å². The summed E-state index contributed by atoms with van der Waals surface area (Å²) in [5.41, 5.74) is 7.21. The first-order valence-corrected chi connectivity index (χ1v) is 5.87. The third-order valence-electron chi connectivity index (χ3n) is 2.54. The lowest BCUT2D eigenvalue weighted by molar-refractivity contribution is 0.102. The standard InChI is InChI=1S/C13H12ClN3O2/c1-7-4-9(15)6-16-12(7)17-13(19)8-2-3-11(18)10(14)5-8/h2-6,18H,15H2,1H3,(H,16,17,19). The third kappa shape index (κ3) is 2.95. The van der Waals surface area contributed by atoms with Crippen LogP contribution in [0.25, 0.3) is 0 Å². The van der Waals surface area contributed by atoms with Gasteiger partial charge in [-0.1, -0.05) is 11.6 Å². The molecule has 4 N–H and O–H groups in total. The topological polar surface area (TPSA) is 88.2 Å². The summed E-state index contributed by atoms with van der Waals surface area (Å²) in [5.74, 6) is 0.00526. The van der Waals surface area contributed by atoms with Crippen molar-refractivity contribution in [3.8, 4) is 5.75 Å². The number of rotatable bonds is 2. The van der Waals surface area contributed by atoms with Gasteiger partial charge in [-0.3, -0.25) is 4.79 Å². The van der Waals surface area contributed by atoms with Crippen molar-refractivity contribution < 1.29 is 9.90 Å². The first kappa shape index (κ1) is 13.2. The van der Waals surface area contributed by atoms with Crippen LogP contribution in [0.1, 0.15) is 15.9 Å². The maximum atomic E-state index is 12.0. The Bertz CT molecular complexity index is 644. The molecule has 0 atom stereocenters. The van der Waals surface area contributed by atoms with Crippen LogP contribution in [0, 0.1) is 6.92 Å². The van der Waals surface area contributed by atoms with Crippen molar-refractivity contribution in [1.82, 2.24) is 4.98 Å². The molecular formula is C13H12ClN3O2. The van der Waals surface area contributed by atoms with Crippen molar-refractivity contribution in [2.75, 3.05) is 11.1 Å². The Morgan fingerprint density at radius 1 is 1.42 bits per heavy atom. The second-order valence-corrected chi connectivity index (χ2v) is 4.46. The second-order valence-electron chi connectivity index (χ2n) is 4.05. The third-order valence-corrected chi connectivity index (χ3v) is 2.84. The molecule has 5 nitrogen and oxygen atoms in total. The van der Waals surface area contributed by atoms with Crippen LogP contribution in [0.5, 0.6) is 5.75 Å². The minimum absolute atomic E-state index is 0.0694. The number of pyridine rings is 1. The smallest absolute Gasteiger partial charge is 0.256 e. The summed E-state index contributed by atoms with van der Waals surface area (Å²) in [6.45, 7) is 1.79. The molecule has 0 aliphatic carbocycles. The van der Waals surface area contributed by atoms with Crippen LogP contribution in [0.4, 0.5) is 11.5 Å². The number of halogens is 1. The lowest BCUT2D eigenvalue weighted by Crippen LogP contribution is -2.14. The van der Waals surface area contributed by atoms with E-state index in [1.807, 2.05) is 0 Å². The molecule has 98 valence electrons. The van der Waals surface area contributed by atoms with Gasteiger partial charge in [0.15, 0.2) is 0 Å². The summed E-state index contributed by atoms with van der Waals surface area (Å²) in [5, 5.41) is 12.1. The van der Waals surface area contributed by atoms with Crippen molar-refractivity contribution in [2.45, 2.75) is 6.92 Å². The Morgan fingerprint density at radius 2 is 2.16 bits per heavy atom. The number of nitrogen functional groups attached to an aromatic ring is 1. The number of hydrogen-bond acceptors (Lipinski definition) is 4. The molecule has 0 aliphatic rings. The number of hydrogen-bond donors (Lipinski definition) is 3. The summed E-state index contributed by atoms with van der Waals surface area (Å²) < 4.78 is 0. The number of nitrogens with one attached hydrogen (secondary N) is 1. The molecule has 0 radical (unpaired) electrons. The molecule has 1 heterocycles. The van der Waals surface area contributed by atoms with E-state index >= 15 is 0 Å². The number of aromatic hydroxyl groups is 1. The predicted molar refractivity (Wildman–Crippen MR) is 74.5 cm³/mol. The molecule has 6 heteroatoms. The summed E-state index contributed by atoms with van der Waals surface area (Å²) >= 11 is 5.75. The SMILES string of the molecule is Cc1cc(N)cnc1NC(=O)c1ccc(O)c(Cl)c1. The summed E-state index contributed by atoms with van der Waals surface area (Å²) in [6, 6.07) is 5.94. The molecule has 0 fully saturated rings. The van der Waals surface area contributed by atoms with Gasteiger partial charge >= 0.3 is 0 Å². The summed E-state index contributed by atoms with van der Waals surface area (Å²) in [4.78, 5) is 16.0. The van der Waals surface area contributed by atoms with Gasteiger partial charge in [0.05, 0.1) is 16.9 Å². The monoisotopic (exact) mass is 277 g/mol. The molecule has 2 aromatic rings. The lowest BCUT2D eigenvalue weighted by atomic mass is 10.2. The fraction of sp³-hybridized carbons (Fsp3) is 0.0769. The molecular weight excluding hydrogens is 266 g/mol. The first-order chi connectivity index (χ1) is 8.97. The molecule has 2 rings (SSSR count). The van der Waals surface area contributed by atoms with Gasteiger partial charge in [-0.2, -0.15) is 0 Å². The van der Waals surface area contributed by atoms with Gasteiger partial charge in [-0.15, -0.1) is 0 Å². The first-order valence-electron chi connectivity index (χ1n) is 5.49. The number of phenols is 1. The lowest BCUT2D eigenvalue weighted by Gasteiger charge is -2.08. The number of anilines is 2. The number of phenolic OH excluding ortho intramolecular Hbond substituents is 1. The van der Waals surface area contributed by atoms with E-state index in [1.165, 1.54) is 24.4 Å². The predicted octanol–water partition coefficient (Wildman–Crippen LogP) is 2.58. The molecule has 1 aromatic carbocycles. The van der Waals surface area contributed by atoms with Crippen molar-refractivity contribution >= 4 is 29.0 Å². The molecule has 0 aliphatic heterocycles. The van der Waals surface area contributed by atoms with Crippen molar-refractivity contribution in [3.63, 3.8) is 0 Å². The Labute approximate surface area is 115 Å². The van der Waals surface area contributed by atoms with Crippen LogP contribution in [0.2, 0.25) is 5.02 Å². The highest BCUT2D eigenvalue weighted by atomic mass is 35.5. The van der Waals surface area contributed by atoms with Gasteiger partial charge in [-0.05, 0) is 36.8 Å². The summed E-state index contributed by atoms with van der Waals surface area (Å²) in [6.07, 6.45) is 1.46. The number of nitrogens with zero attached hydrogens (tertiary/aromatic N) is 1. The average Bonchev–Trinajstić information content (AvgIpc) is 2.36. The Kier molecular flexibility index (Phi) is 3.57. The average molecular weight is 278 g/mol. The minimum Gasteiger partial charge on any atom is -0.506 e. The Morgan fingerprint density at radius 3 is 2.79 bits per heavy atom. The second kappa shape index (κ2) is 5.16. The number of carbonyl (C=O) groups excluding carboxylic acids is 1. The zero-order chi connectivity index (χ0) is 14.0. The van der Waals surface area contributed by atoms with Gasteiger partial charge in [0.1, 0.15) is 11.6 Å². The van der Waals surface area contributed by atoms with Gasteiger partial charge in [0.2, 0.25) is 0 Å². The van der Waals surface area contributed by atoms with Gasteiger partial charge < -0.3 is 16.2 Å². The quantitative estimate of drug-likeness (QED) is 0.787. The molecule has 0 unspecified atom stereocenters. The molecule has 1 aromatic heterocycles. The summed E-state index contributed by atoms with van der Waals surface area (Å²) in [7, 11) is 0. The van der Waals surface area contributed by atoms with E-state index in [2.05, 4.69) is 10.3 Å². The number of aromatic nitrogens is 1. The molecule has 0 spiro atoms. The molecule has 19 heavy (non-hydrogen) atoms. The minimum atomic E-state index is -0.359. The number of amides is 1. The number of aryl methyl sites for hydroxylation is 1. The largest absolute Gasteiger partial charge is 0.506 e. The normalized spacial score (nSPS) is 10.2. The molecule has 0 bridgehead atoms. The Hall–Kier alpha value is -2.27. The van der Waals surface area contributed by atoms with E-state index < -0.39 is 0 Å². The van der Waals surface area contributed by atoms with Crippen molar-refractivity contribution in [1.29, 1.82) is 0 Å².